The molecule has 7 heteroatoms. The van der Waals surface area contributed by atoms with Crippen molar-refractivity contribution in [3.05, 3.63) is 82.2 Å². The van der Waals surface area contributed by atoms with Crippen molar-refractivity contribution in [1.29, 1.82) is 0 Å². The molecule has 1 aliphatic rings. The van der Waals surface area contributed by atoms with Crippen LogP contribution in [0.25, 0.3) is 11.0 Å². The van der Waals surface area contributed by atoms with Gasteiger partial charge < -0.3 is 9.67 Å². The maximum Gasteiger partial charge on any atom is 0.304 e. The van der Waals surface area contributed by atoms with Crippen molar-refractivity contribution in [3.63, 3.8) is 0 Å². The molecule has 0 radical (unpaired) electrons. The molecule has 0 aliphatic carbocycles. The number of rotatable bonds is 7. The highest BCUT2D eigenvalue weighted by molar-refractivity contribution is 5.80. The Morgan fingerprint density at radius 2 is 2.00 bits per heavy atom. The summed E-state index contributed by atoms with van der Waals surface area (Å²) in [5.74, 6) is -1.06. The predicted octanol–water partition coefficient (Wildman–Crippen LogP) is 4.96. The Morgan fingerprint density at radius 1 is 1.17 bits per heavy atom. The molecule has 2 unspecified atom stereocenters. The zero-order chi connectivity index (χ0) is 24.7. The van der Waals surface area contributed by atoms with Crippen LogP contribution in [0.15, 0.2) is 48.7 Å². The van der Waals surface area contributed by atoms with E-state index in [1.165, 1.54) is 16.8 Å². The van der Waals surface area contributed by atoms with E-state index in [4.69, 9.17) is 0 Å². The summed E-state index contributed by atoms with van der Waals surface area (Å²) in [4.78, 5) is 14.5. The monoisotopic (exact) mass is 471 g/mol. The van der Waals surface area contributed by atoms with Gasteiger partial charge in [-0.25, -0.2) is 4.68 Å². The zero-order valence-corrected chi connectivity index (χ0v) is 20.9. The molecule has 7 nitrogen and oxygen atoms in total. The van der Waals surface area contributed by atoms with Crippen molar-refractivity contribution < 1.29 is 9.90 Å². The van der Waals surface area contributed by atoms with Gasteiger partial charge in [-0.15, -0.1) is 5.10 Å². The molecule has 2 atom stereocenters. The number of carboxylic acids is 1. The molecule has 2 aromatic heterocycles. The quantitative estimate of drug-likeness (QED) is 0.412. The number of carboxylic acid groups (broad SMARTS) is 1. The first-order valence-electron chi connectivity index (χ1n) is 12.4. The molecule has 1 aliphatic heterocycles. The van der Waals surface area contributed by atoms with Crippen LogP contribution in [0.1, 0.15) is 65.2 Å². The van der Waals surface area contributed by atoms with Crippen molar-refractivity contribution >= 4 is 17.0 Å². The van der Waals surface area contributed by atoms with Crippen LogP contribution in [0.5, 0.6) is 0 Å². The highest BCUT2D eigenvalue weighted by atomic mass is 16.4. The average Bonchev–Trinajstić information content (AvgIpc) is 3.46. The van der Waals surface area contributed by atoms with E-state index < -0.39 is 5.97 Å². The topological polar surface area (TPSA) is 76.2 Å². The van der Waals surface area contributed by atoms with E-state index in [0.717, 1.165) is 53.8 Å². The highest BCUT2D eigenvalue weighted by Crippen LogP contribution is 2.35. The van der Waals surface area contributed by atoms with Gasteiger partial charge in [0.05, 0.1) is 18.0 Å². The lowest BCUT2D eigenvalue weighted by Gasteiger charge is -2.37. The summed E-state index contributed by atoms with van der Waals surface area (Å²) in [6, 6.07) is 15.3. The number of aryl methyl sites for hydroxylation is 3. The molecule has 182 valence electrons. The van der Waals surface area contributed by atoms with Crippen LogP contribution >= 0.6 is 0 Å². The molecule has 1 N–H and O–H groups in total. The number of nitrogens with zero attached hydrogens (tertiary/aromatic N) is 5. The minimum atomic E-state index is -0.807. The fourth-order valence-electron chi connectivity index (χ4n) is 5.67. The van der Waals surface area contributed by atoms with E-state index >= 15 is 0 Å². The lowest BCUT2D eigenvalue weighted by molar-refractivity contribution is -0.137. The lowest BCUT2D eigenvalue weighted by Crippen LogP contribution is -2.37. The van der Waals surface area contributed by atoms with Gasteiger partial charge in [-0.05, 0) is 66.3 Å². The lowest BCUT2D eigenvalue weighted by atomic mass is 9.84. The third-order valence-electron chi connectivity index (χ3n) is 7.64. The van der Waals surface area contributed by atoms with E-state index in [1.54, 1.807) is 4.68 Å². The Morgan fingerprint density at radius 3 is 2.77 bits per heavy atom. The molecule has 0 saturated carbocycles. The molecule has 0 fully saturated rings. The summed E-state index contributed by atoms with van der Waals surface area (Å²) in [7, 11) is 1.87. The van der Waals surface area contributed by atoms with E-state index in [2.05, 4.69) is 70.2 Å². The number of hydrogen-bond acceptors (Lipinski definition) is 4. The second kappa shape index (κ2) is 9.30. The van der Waals surface area contributed by atoms with Crippen molar-refractivity contribution in [1.82, 2.24) is 24.5 Å². The summed E-state index contributed by atoms with van der Waals surface area (Å²) < 4.78 is 4.11. The summed E-state index contributed by atoms with van der Waals surface area (Å²) in [5.41, 5.74) is 8.68. The number of hydrogen-bond donors (Lipinski definition) is 1. The van der Waals surface area contributed by atoms with Gasteiger partial charge in [0.2, 0.25) is 0 Å². The molecule has 2 aromatic carbocycles. The second-order valence-corrected chi connectivity index (χ2v) is 9.72. The van der Waals surface area contributed by atoms with Gasteiger partial charge in [0.25, 0.3) is 0 Å². The average molecular weight is 472 g/mol. The molecule has 5 rings (SSSR count). The zero-order valence-electron chi connectivity index (χ0n) is 20.9. The standard InChI is InChI=1S/C28H33N5O2/c1-5-24-25-7-6-12-32(25)13-14-33(24)17-21-15-20(9-8-18(21)2)23(16-27(34)35)22-10-11-26-28(19(22)3)29-30-31(26)4/h6-12,15,23-24H,5,13-14,16-17H2,1-4H3,(H,34,35). The minimum Gasteiger partial charge on any atom is -0.481 e. The Balaban J connectivity index is 1.51. The van der Waals surface area contributed by atoms with Crippen LogP contribution in [0.3, 0.4) is 0 Å². The normalized spacial score (nSPS) is 17.0. The molecule has 0 saturated heterocycles. The number of carbonyl (C=O) groups is 1. The van der Waals surface area contributed by atoms with E-state index in [0.29, 0.717) is 6.04 Å². The summed E-state index contributed by atoms with van der Waals surface area (Å²) in [5, 5.41) is 18.3. The summed E-state index contributed by atoms with van der Waals surface area (Å²) >= 11 is 0. The van der Waals surface area contributed by atoms with Gasteiger partial charge in [-0.1, -0.05) is 36.4 Å². The van der Waals surface area contributed by atoms with Gasteiger partial charge in [-0.2, -0.15) is 0 Å². The summed E-state index contributed by atoms with van der Waals surface area (Å²) in [6.07, 6.45) is 3.26. The number of aromatic nitrogens is 4. The highest BCUT2D eigenvalue weighted by Gasteiger charge is 2.27. The van der Waals surface area contributed by atoms with Crippen molar-refractivity contribution in [2.24, 2.45) is 7.05 Å². The van der Waals surface area contributed by atoms with Crippen LogP contribution in [0, 0.1) is 13.8 Å². The van der Waals surface area contributed by atoms with Gasteiger partial charge in [0.15, 0.2) is 0 Å². The van der Waals surface area contributed by atoms with Crippen LogP contribution in [-0.4, -0.2) is 42.1 Å². The van der Waals surface area contributed by atoms with Gasteiger partial charge in [0.1, 0.15) is 5.52 Å². The molecule has 0 spiro atoms. The number of benzene rings is 2. The van der Waals surface area contributed by atoms with Crippen molar-refractivity contribution in [2.45, 2.75) is 58.7 Å². The molecular weight excluding hydrogens is 438 g/mol. The Bertz CT molecular complexity index is 1390. The fourth-order valence-corrected chi connectivity index (χ4v) is 5.67. The van der Waals surface area contributed by atoms with E-state index in [1.807, 2.05) is 26.1 Å². The molecule has 4 aromatic rings. The number of fused-ring (bicyclic) bond motifs is 2. The first kappa shape index (κ1) is 23.3. The SMILES string of the molecule is CCC1c2cccn2CCN1Cc1cc(C(CC(=O)O)c2ccc3c(nnn3C)c2C)ccc1C. The van der Waals surface area contributed by atoms with Gasteiger partial charge in [-0.3, -0.25) is 9.69 Å². The van der Waals surface area contributed by atoms with Gasteiger partial charge >= 0.3 is 5.97 Å². The third kappa shape index (κ3) is 4.25. The Labute approximate surface area is 206 Å². The Hall–Kier alpha value is -3.45. The number of aliphatic carboxylic acids is 1. The fraction of sp³-hybridized carbons (Fsp3) is 0.393. The summed E-state index contributed by atoms with van der Waals surface area (Å²) in [6.45, 7) is 9.27. The molecule has 0 bridgehead atoms. The first-order valence-corrected chi connectivity index (χ1v) is 12.4. The first-order chi connectivity index (χ1) is 16.9. The second-order valence-electron chi connectivity index (χ2n) is 9.72. The predicted molar refractivity (Wildman–Crippen MR) is 136 cm³/mol. The largest absolute Gasteiger partial charge is 0.481 e. The van der Waals surface area contributed by atoms with Crippen LogP contribution < -0.4 is 0 Å². The van der Waals surface area contributed by atoms with E-state index in [-0.39, 0.29) is 12.3 Å². The molecule has 0 amide bonds. The van der Waals surface area contributed by atoms with Crippen LogP contribution in [0.2, 0.25) is 0 Å². The minimum absolute atomic E-state index is 0.0317. The van der Waals surface area contributed by atoms with E-state index in [9.17, 15) is 9.90 Å². The van der Waals surface area contributed by atoms with Crippen LogP contribution in [-0.2, 0) is 24.9 Å². The maximum atomic E-state index is 11.9. The molecule has 35 heavy (non-hydrogen) atoms. The third-order valence-corrected chi connectivity index (χ3v) is 7.64. The molecular formula is C28H33N5O2. The maximum absolute atomic E-state index is 11.9. The molecule has 3 heterocycles. The van der Waals surface area contributed by atoms with Crippen LogP contribution in [0.4, 0.5) is 0 Å². The van der Waals surface area contributed by atoms with Crippen molar-refractivity contribution in [2.75, 3.05) is 6.54 Å². The smallest absolute Gasteiger partial charge is 0.304 e. The Kier molecular flexibility index (Phi) is 6.19. The van der Waals surface area contributed by atoms with Gasteiger partial charge in [0, 0.05) is 44.5 Å². The van der Waals surface area contributed by atoms with Crippen molar-refractivity contribution in [3.8, 4) is 0 Å².